The molecule has 3 aromatic rings. The number of thioether (sulfide) groups is 1. The van der Waals surface area contributed by atoms with Gasteiger partial charge in [-0.1, -0.05) is 42.2 Å². The highest BCUT2D eigenvalue weighted by Gasteiger charge is 2.33. The van der Waals surface area contributed by atoms with E-state index in [4.69, 9.17) is 26.8 Å². The van der Waals surface area contributed by atoms with Crippen molar-refractivity contribution in [3.8, 4) is 11.5 Å². The third-order valence-corrected chi connectivity index (χ3v) is 6.62. The zero-order valence-corrected chi connectivity index (χ0v) is 19.1. The van der Waals surface area contributed by atoms with E-state index in [0.717, 1.165) is 33.1 Å². The van der Waals surface area contributed by atoms with Gasteiger partial charge in [0.05, 0.1) is 4.91 Å². The molecule has 1 fully saturated rings. The van der Waals surface area contributed by atoms with Gasteiger partial charge in [-0.3, -0.25) is 19.3 Å². The second-order valence-corrected chi connectivity index (χ2v) is 9.18. The molecule has 2 aliphatic heterocycles. The Morgan fingerprint density at radius 3 is 2.76 bits per heavy atom. The lowest BCUT2D eigenvalue weighted by molar-refractivity contribution is -0.140. The van der Waals surface area contributed by atoms with E-state index in [1.54, 1.807) is 35.0 Å². The van der Waals surface area contributed by atoms with Gasteiger partial charge in [0, 0.05) is 34.4 Å². The van der Waals surface area contributed by atoms with Gasteiger partial charge < -0.3 is 24.5 Å². The first-order chi connectivity index (χ1) is 16.4. The molecule has 1 saturated heterocycles. The average molecular weight is 496 g/mol. The molecule has 9 nitrogen and oxygen atoms in total. The van der Waals surface area contributed by atoms with Crippen LogP contribution in [0.1, 0.15) is 5.56 Å². The van der Waals surface area contributed by atoms with Crippen LogP contribution in [0.2, 0.25) is 0 Å². The normalized spacial score (nSPS) is 16.0. The number of hydrogen-bond acceptors (Lipinski definition) is 7. The van der Waals surface area contributed by atoms with Crippen LogP contribution in [0.15, 0.2) is 53.6 Å². The summed E-state index contributed by atoms with van der Waals surface area (Å²) in [6, 6.07) is 12.7. The number of nitrogens with one attached hydrogen (secondary N) is 1. The van der Waals surface area contributed by atoms with E-state index in [9.17, 15) is 14.4 Å². The van der Waals surface area contributed by atoms with E-state index < -0.39 is 18.4 Å². The molecule has 34 heavy (non-hydrogen) atoms. The predicted molar refractivity (Wildman–Crippen MR) is 131 cm³/mol. The number of hydrogen-bond donors (Lipinski definition) is 2. The number of para-hydroxylation sites is 1. The maximum Gasteiger partial charge on any atom is 0.323 e. The zero-order valence-electron chi connectivity index (χ0n) is 17.5. The van der Waals surface area contributed by atoms with Gasteiger partial charge in [0.25, 0.3) is 5.91 Å². The zero-order chi connectivity index (χ0) is 23.8. The SMILES string of the molecule is O=C(O)CN1C(=O)/C(=C\c2cn(CC(=O)Nc3ccc4c(c3)OCO4)c3ccccc23)SC1=S. The molecule has 2 amide bonds. The van der Waals surface area contributed by atoms with Crippen molar-refractivity contribution in [3.63, 3.8) is 0 Å². The van der Waals surface area contributed by atoms with Gasteiger partial charge in [-0.2, -0.15) is 0 Å². The predicted octanol–water partition coefficient (Wildman–Crippen LogP) is 3.29. The number of carbonyl (C=O) groups is 3. The smallest absolute Gasteiger partial charge is 0.323 e. The van der Waals surface area contributed by atoms with Crippen LogP contribution in [0.25, 0.3) is 17.0 Å². The Labute approximate surface area is 202 Å². The number of carbonyl (C=O) groups excluding carboxylic acids is 2. The number of anilines is 1. The molecule has 2 aromatic carbocycles. The summed E-state index contributed by atoms with van der Waals surface area (Å²) in [6.07, 6.45) is 3.46. The summed E-state index contributed by atoms with van der Waals surface area (Å²) < 4.78 is 12.6. The Kier molecular flexibility index (Phi) is 5.72. The quantitative estimate of drug-likeness (QED) is 0.396. The molecule has 3 heterocycles. The van der Waals surface area contributed by atoms with Gasteiger partial charge in [-0.25, -0.2) is 0 Å². The lowest BCUT2D eigenvalue weighted by Crippen LogP contribution is -2.33. The molecule has 0 spiro atoms. The topological polar surface area (TPSA) is 110 Å². The van der Waals surface area contributed by atoms with Crippen molar-refractivity contribution in [1.82, 2.24) is 9.47 Å². The Balaban J connectivity index is 1.39. The van der Waals surface area contributed by atoms with E-state index in [-0.39, 0.29) is 23.6 Å². The lowest BCUT2D eigenvalue weighted by atomic mass is 10.1. The van der Waals surface area contributed by atoms with Crippen molar-refractivity contribution < 1.29 is 29.0 Å². The fourth-order valence-electron chi connectivity index (χ4n) is 3.76. The summed E-state index contributed by atoms with van der Waals surface area (Å²) in [5.74, 6) is -0.615. The average Bonchev–Trinajstić information content (AvgIpc) is 3.47. The molecule has 11 heteroatoms. The lowest BCUT2D eigenvalue weighted by Gasteiger charge is -2.10. The summed E-state index contributed by atoms with van der Waals surface area (Å²) in [4.78, 5) is 37.9. The minimum atomic E-state index is -1.14. The Morgan fingerprint density at radius 1 is 1.15 bits per heavy atom. The Hall–Kier alpha value is -3.83. The molecule has 0 bridgehead atoms. The van der Waals surface area contributed by atoms with Gasteiger partial charge in [-0.15, -0.1) is 0 Å². The molecule has 0 unspecified atom stereocenters. The van der Waals surface area contributed by atoms with Crippen LogP contribution in [0.3, 0.4) is 0 Å². The van der Waals surface area contributed by atoms with Crippen molar-refractivity contribution in [3.05, 3.63) is 59.1 Å². The number of thiocarbonyl (C=S) groups is 1. The number of ether oxygens (including phenoxy) is 2. The largest absolute Gasteiger partial charge is 0.480 e. The fourth-order valence-corrected chi connectivity index (χ4v) is 5.01. The van der Waals surface area contributed by atoms with Crippen molar-refractivity contribution in [1.29, 1.82) is 0 Å². The highest BCUT2D eigenvalue weighted by Crippen LogP contribution is 2.35. The van der Waals surface area contributed by atoms with Gasteiger partial charge in [0.2, 0.25) is 12.7 Å². The monoisotopic (exact) mass is 495 g/mol. The van der Waals surface area contributed by atoms with Crippen LogP contribution in [-0.4, -0.2) is 50.0 Å². The van der Waals surface area contributed by atoms with Crippen LogP contribution in [0, 0.1) is 0 Å². The van der Waals surface area contributed by atoms with Crippen LogP contribution < -0.4 is 14.8 Å². The first-order valence-electron chi connectivity index (χ1n) is 10.1. The summed E-state index contributed by atoms with van der Waals surface area (Å²) in [5.41, 5.74) is 2.13. The maximum absolute atomic E-state index is 12.8. The van der Waals surface area contributed by atoms with Gasteiger partial charge in [-0.05, 0) is 24.3 Å². The number of benzene rings is 2. The van der Waals surface area contributed by atoms with Gasteiger partial charge >= 0.3 is 5.97 Å². The number of rotatable bonds is 6. The van der Waals surface area contributed by atoms with Crippen LogP contribution in [0.5, 0.6) is 11.5 Å². The van der Waals surface area contributed by atoms with Crippen LogP contribution in [0.4, 0.5) is 5.69 Å². The van der Waals surface area contributed by atoms with Crippen molar-refractivity contribution in [2.75, 3.05) is 18.7 Å². The molecule has 2 N–H and O–H groups in total. The molecule has 0 radical (unpaired) electrons. The molecule has 0 atom stereocenters. The van der Waals surface area contributed by atoms with Crippen molar-refractivity contribution >= 4 is 68.8 Å². The summed E-state index contributed by atoms with van der Waals surface area (Å²) in [7, 11) is 0. The molecule has 5 rings (SSSR count). The third-order valence-electron chi connectivity index (χ3n) is 5.24. The fraction of sp³-hybridized carbons (Fsp3) is 0.130. The van der Waals surface area contributed by atoms with Crippen molar-refractivity contribution in [2.24, 2.45) is 0 Å². The standard InChI is InChI=1S/C23H17N3O6S2/c27-20(24-14-5-6-17-18(8-14)32-12-31-17)10-25-9-13(15-3-1-2-4-16(15)25)7-19-22(30)26(11-21(28)29)23(33)34-19/h1-9H,10-12H2,(H,24,27)(H,28,29)/b19-7+. The number of carboxylic acid groups (broad SMARTS) is 1. The highest BCUT2D eigenvalue weighted by atomic mass is 32.2. The van der Waals surface area contributed by atoms with E-state index in [2.05, 4.69) is 5.32 Å². The summed E-state index contributed by atoms with van der Waals surface area (Å²) >= 11 is 6.23. The summed E-state index contributed by atoms with van der Waals surface area (Å²) in [6.45, 7) is -0.285. The van der Waals surface area contributed by atoms with E-state index in [1.807, 2.05) is 24.3 Å². The molecule has 172 valence electrons. The minimum absolute atomic E-state index is 0.0444. The Bertz CT molecular complexity index is 1400. The second kappa shape index (κ2) is 8.84. The number of carboxylic acids is 1. The number of amides is 2. The van der Waals surface area contributed by atoms with Crippen molar-refractivity contribution in [2.45, 2.75) is 6.54 Å². The molecule has 0 saturated carbocycles. The molecule has 1 aromatic heterocycles. The number of aliphatic carboxylic acids is 1. The molecule has 0 aliphatic carbocycles. The van der Waals surface area contributed by atoms with E-state index >= 15 is 0 Å². The molecular formula is C23H17N3O6S2. The minimum Gasteiger partial charge on any atom is -0.480 e. The number of fused-ring (bicyclic) bond motifs is 2. The first-order valence-corrected chi connectivity index (χ1v) is 11.4. The van der Waals surface area contributed by atoms with E-state index in [1.165, 1.54) is 0 Å². The van der Waals surface area contributed by atoms with Gasteiger partial charge in [0.15, 0.2) is 11.5 Å². The molecular weight excluding hydrogens is 478 g/mol. The van der Waals surface area contributed by atoms with Gasteiger partial charge in [0.1, 0.15) is 17.4 Å². The maximum atomic E-state index is 12.8. The molecule has 2 aliphatic rings. The van der Waals surface area contributed by atoms with E-state index in [0.29, 0.717) is 22.1 Å². The third kappa shape index (κ3) is 4.22. The Morgan fingerprint density at radius 2 is 1.94 bits per heavy atom. The number of aromatic nitrogens is 1. The van der Waals surface area contributed by atoms with Crippen LogP contribution in [-0.2, 0) is 20.9 Å². The van der Waals surface area contributed by atoms with Crippen LogP contribution >= 0.6 is 24.0 Å². The number of nitrogens with zero attached hydrogens (tertiary/aromatic N) is 2. The summed E-state index contributed by atoms with van der Waals surface area (Å²) in [5, 5.41) is 12.7. The highest BCUT2D eigenvalue weighted by molar-refractivity contribution is 8.26. The first kappa shape index (κ1) is 22.0. The second-order valence-electron chi connectivity index (χ2n) is 7.51.